The quantitative estimate of drug-likeness (QED) is 0.0416. The molecule has 99 heavy (non-hydrogen) atoms. The summed E-state index contributed by atoms with van der Waals surface area (Å²) in [7, 11) is -2.32. The Bertz CT molecular complexity index is 4320. The Morgan fingerprint density at radius 1 is 0.576 bits per heavy atom. The lowest BCUT2D eigenvalue weighted by Gasteiger charge is -2.43. The summed E-state index contributed by atoms with van der Waals surface area (Å²) in [5.41, 5.74) is 10.5. The second-order valence-electron chi connectivity index (χ2n) is 29.3. The number of nitrogens with two attached hydrogens (primary N) is 2. The maximum absolute atomic E-state index is 14.2. The zero-order chi connectivity index (χ0) is 70.5. The lowest BCUT2D eigenvalue weighted by molar-refractivity contribution is -0.202. The van der Waals surface area contributed by atoms with Crippen molar-refractivity contribution in [3.8, 4) is 0 Å². The van der Waals surface area contributed by atoms with E-state index in [9.17, 15) is 29.4 Å². The van der Waals surface area contributed by atoms with Gasteiger partial charge in [0.1, 0.15) is 97.4 Å². The molecule has 0 aliphatic carbocycles. The van der Waals surface area contributed by atoms with Gasteiger partial charge in [0.2, 0.25) is 0 Å². The van der Waals surface area contributed by atoms with Gasteiger partial charge in [0, 0.05) is 46.5 Å². The van der Waals surface area contributed by atoms with Gasteiger partial charge in [-0.1, -0.05) is 27.7 Å². The van der Waals surface area contributed by atoms with Crippen LogP contribution in [0.2, 0.25) is 18.1 Å². The fourth-order valence-electron chi connectivity index (χ4n) is 14.6. The molecule has 8 aliphatic heterocycles. The van der Waals surface area contributed by atoms with Crippen LogP contribution >= 0.6 is 35.3 Å². The van der Waals surface area contributed by atoms with Crippen molar-refractivity contribution in [1.82, 2.24) is 58.1 Å². The van der Waals surface area contributed by atoms with E-state index in [0.29, 0.717) is 34.4 Å². The predicted molar refractivity (Wildman–Crippen MR) is 361 cm³/mol. The molecule has 0 spiro atoms. The second-order valence-corrected chi connectivity index (χ2v) is 37.1. The summed E-state index contributed by atoms with van der Waals surface area (Å²) in [4.78, 5) is 86.3. The average molecular weight is 1460 g/mol. The smallest absolute Gasteiger partial charge is 0.330 e. The van der Waals surface area contributed by atoms with Gasteiger partial charge in [-0.25, -0.2) is 39.5 Å². The van der Waals surface area contributed by atoms with E-state index in [2.05, 4.69) is 75.7 Å². The molecule has 8 saturated heterocycles. The van der Waals surface area contributed by atoms with Crippen molar-refractivity contribution >= 4 is 77.6 Å². The highest BCUT2D eigenvalue weighted by Crippen LogP contribution is 2.52. The standard InChI is InChI=1S/C62H86N14O19S3Si/c1-26(2)58(3,4)99(13,14)83-18-29-38-42(92-59(5,6)88-38)51(84-29)73-27(15-34(78)71-56(73)81)19-96-21-30-40-44(94-61(9,10)90-40)53(86-30)76-33(70-37-48(64)66-25-68-50(37)76)23-97-22-31-39-43(93-60(7,8)89-39)52(85-31)74-28(16-35(79)72-57(74)82)20-98-55(80)46-41-45(95-62(11,12)91-41)54(87-46)75-32(17-77)69-36-47(63)65-24-67-49(36)75/h15-16,24-26,29-31,38-46,51-55,77,80H,17-23H2,1-14H3,(H2,63,65,67)(H2,64,66,68)(H,71,78,81)(H,72,79,82)/t29-,30-,31-,38-,39-,40-,41+,42-,43-,44-,45-,46+,51-,52-,53-,54-,55?/m1/s1. The van der Waals surface area contributed by atoms with Crippen molar-refractivity contribution in [3.63, 3.8) is 0 Å². The second kappa shape index (κ2) is 25.9. The number of nitrogens with zero attached hydrogens (tertiary/aromatic N) is 10. The van der Waals surface area contributed by atoms with Crippen LogP contribution in [-0.4, -0.2) is 197 Å². The molecule has 8 N–H and O–H groups in total. The van der Waals surface area contributed by atoms with Crippen LogP contribution in [0, 0.1) is 5.92 Å². The Hall–Kier alpha value is -5.27. The van der Waals surface area contributed by atoms with Crippen molar-refractivity contribution in [2.75, 3.05) is 29.6 Å². The van der Waals surface area contributed by atoms with Gasteiger partial charge in [-0.15, -0.1) is 11.8 Å². The SMILES string of the molecule is CC(C)C(C)(C)[Si](C)(C)OC[C@H]1O[C@@H](n2c(CSC[C@H]3O[C@@H](n4c(CSC[C@H]5O[C@@H](n6c(CSC(O)[C@H]7O[C@@H](n8c(CO)nc9c(N)ncnc98)[C@@H]8OC(C)(C)O[C@@H]87)cc(=O)[nH]c6=O)[C@@H]6OC(C)(C)O[C@@H]65)nc5c(N)ncnc54)[C@@H]4OC(C)(C)O[C@@H]43)cc(=O)[nH]c2=O)[C@@H]2OC(C)(C)O[C@@H]21. The first-order valence-corrected chi connectivity index (χ1v) is 39.3. The maximum Gasteiger partial charge on any atom is 0.330 e. The number of H-pyrrole nitrogens is 2. The summed E-state index contributed by atoms with van der Waals surface area (Å²) in [5, 5.41) is 22.4. The molecule has 17 atom stereocenters. The van der Waals surface area contributed by atoms with Crippen LogP contribution in [0.15, 0.2) is 44.0 Å². The lowest BCUT2D eigenvalue weighted by atomic mass is 9.99. The Morgan fingerprint density at radius 2 is 0.980 bits per heavy atom. The molecule has 37 heteroatoms. The van der Waals surface area contributed by atoms with E-state index in [1.165, 1.54) is 57.4 Å². The highest BCUT2D eigenvalue weighted by molar-refractivity contribution is 7.99. The topological polar surface area (TPSA) is 409 Å². The van der Waals surface area contributed by atoms with E-state index in [4.69, 9.17) is 77.7 Å². The first-order chi connectivity index (χ1) is 46.6. The summed E-state index contributed by atoms with van der Waals surface area (Å²) in [6.45, 7) is 27.3. The van der Waals surface area contributed by atoms with E-state index < -0.39 is 164 Å². The fourth-order valence-corrected chi connectivity index (χ4v) is 20.0. The summed E-state index contributed by atoms with van der Waals surface area (Å²) < 4.78 is 92.0. The van der Waals surface area contributed by atoms with E-state index in [0.717, 1.165) is 11.8 Å². The van der Waals surface area contributed by atoms with Gasteiger partial charge in [0.25, 0.3) is 11.1 Å². The Balaban J connectivity index is 0.678. The fraction of sp³-hybridized carbons (Fsp3) is 0.710. The van der Waals surface area contributed by atoms with Gasteiger partial charge in [-0.05, 0) is 79.4 Å². The number of aromatic nitrogens is 12. The van der Waals surface area contributed by atoms with E-state index in [-0.39, 0.29) is 69.0 Å². The highest BCUT2D eigenvalue weighted by Gasteiger charge is 2.62. The van der Waals surface area contributed by atoms with Crippen LogP contribution in [0.5, 0.6) is 0 Å². The number of hydrogen-bond donors (Lipinski definition) is 6. The number of rotatable bonds is 22. The molecule has 6 aromatic rings. The largest absolute Gasteiger partial charge is 0.414 e. The molecule has 33 nitrogen and oxygen atoms in total. The predicted octanol–water partition coefficient (Wildman–Crippen LogP) is 3.77. The van der Waals surface area contributed by atoms with Crippen molar-refractivity contribution in [3.05, 3.63) is 89.5 Å². The third-order valence-corrected chi connectivity index (χ3v) is 27.9. The van der Waals surface area contributed by atoms with Crippen LogP contribution in [0.3, 0.4) is 0 Å². The molecular weight excluding hydrogens is 1370 g/mol. The third-order valence-electron chi connectivity index (χ3n) is 20.2. The molecule has 8 aliphatic rings. The molecule has 0 saturated carbocycles. The number of aromatic amines is 2. The van der Waals surface area contributed by atoms with Gasteiger partial charge >= 0.3 is 11.4 Å². The van der Waals surface area contributed by atoms with Gasteiger partial charge in [-0.3, -0.25) is 37.8 Å². The van der Waals surface area contributed by atoms with Crippen molar-refractivity contribution < 1.29 is 71.5 Å². The van der Waals surface area contributed by atoms with Crippen LogP contribution in [-0.2, 0) is 85.1 Å². The number of hydrogen-bond acceptors (Lipinski definition) is 30. The molecule has 0 amide bonds. The molecule has 0 bridgehead atoms. The number of aliphatic hydroxyl groups excluding tert-OH is 2. The van der Waals surface area contributed by atoms with Crippen molar-refractivity contribution in [2.24, 2.45) is 5.92 Å². The van der Waals surface area contributed by atoms with Crippen LogP contribution < -0.4 is 34.0 Å². The molecule has 0 aromatic carbocycles. The molecule has 6 aromatic heterocycles. The molecule has 14 heterocycles. The van der Waals surface area contributed by atoms with Gasteiger partial charge in [0.05, 0.1) is 24.6 Å². The number of ether oxygens (including phenoxy) is 12. The number of aliphatic hydroxyl groups is 2. The molecule has 14 rings (SSSR count). The Kier molecular flexibility index (Phi) is 18.5. The lowest BCUT2D eigenvalue weighted by Crippen LogP contribution is -2.47. The summed E-state index contributed by atoms with van der Waals surface area (Å²) in [6, 6.07) is 2.67. The monoisotopic (exact) mass is 1450 g/mol. The van der Waals surface area contributed by atoms with Gasteiger partial charge in [-0.2, -0.15) is 23.5 Å². The average Bonchev–Trinajstić information content (AvgIpc) is 1.70. The van der Waals surface area contributed by atoms with Crippen LogP contribution in [0.25, 0.3) is 22.3 Å². The van der Waals surface area contributed by atoms with Crippen molar-refractivity contribution in [2.45, 2.75) is 252 Å². The number of anilines is 2. The molecule has 0 radical (unpaired) electrons. The zero-order valence-corrected chi connectivity index (χ0v) is 60.8. The highest BCUT2D eigenvalue weighted by atomic mass is 32.2. The molecular formula is C62H86N14O19S3Si. The number of thioether (sulfide) groups is 3. The van der Waals surface area contributed by atoms with E-state index in [1.807, 2.05) is 32.3 Å². The molecule has 8 fully saturated rings. The Labute approximate surface area is 581 Å². The number of imidazole rings is 2. The Morgan fingerprint density at radius 3 is 1.47 bits per heavy atom. The number of fused-ring (bicyclic) bond motifs is 6. The van der Waals surface area contributed by atoms with Crippen molar-refractivity contribution in [1.29, 1.82) is 0 Å². The number of nitrogens with one attached hydrogen (secondary N) is 2. The molecule has 1 unspecified atom stereocenters. The minimum Gasteiger partial charge on any atom is -0.414 e. The maximum atomic E-state index is 14.2. The summed E-state index contributed by atoms with van der Waals surface area (Å²) in [5.74, 6) is -2.05. The summed E-state index contributed by atoms with van der Waals surface area (Å²) in [6.07, 6.45) is -9.99. The first-order valence-electron chi connectivity index (χ1n) is 33.0. The van der Waals surface area contributed by atoms with E-state index in [1.54, 1.807) is 32.3 Å². The zero-order valence-electron chi connectivity index (χ0n) is 57.3. The normalized spacial score (nSPS) is 32.2. The minimum absolute atomic E-state index is 0.0685. The molecule has 540 valence electrons. The minimum atomic E-state index is -2.32. The number of nitrogen functional groups attached to an aromatic ring is 2. The van der Waals surface area contributed by atoms with Crippen LogP contribution in [0.1, 0.15) is 131 Å². The van der Waals surface area contributed by atoms with Gasteiger partial charge in [0.15, 0.2) is 90.3 Å². The summed E-state index contributed by atoms with van der Waals surface area (Å²) >= 11 is 3.88. The van der Waals surface area contributed by atoms with Crippen LogP contribution in [0.4, 0.5) is 11.6 Å². The van der Waals surface area contributed by atoms with Gasteiger partial charge < -0.3 is 82.9 Å². The van der Waals surface area contributed by atoms with E-state index >= 15 is 0 Å². The first kappa shape index (κ1) is 70.8. The third kappa shape index (κ3) is 13.0.